The molecule has 0 saturated heterocycles. The third kappa shape index (κ3) is 3.30. The molecule has 0 bridgehead atoms. The predicted octanol–water partition coefficient (Wildman–Crippen LogP) is 4.15. The van der Waals surface area contributed by atoms with Crippen molar-refractivity contribution in [2.24, 2.45) is 0 Å². The predicted molar refractivity (Wildman–Crippen MR) is 102 cm³/mol. The molecule has 0 aliphatic heterocycles. The van der Waals surface area contributed by atoms with E-state index >= 15 is 0 Å². The summed E-state index contributed by atoms with van der Waals surface area (Å²) in [6, 6.07) is 11.0. The summed E-state index contributed by atoms with van der Waals surface area (Å²) in [5, 5.41) is 12.0. The van der Waals surface area contributed by atoms with Gasteiger partial charge >= 0.3 is 0 Å². The van der Waals surface area contributed by atoms with Crippen molar-refractivity contribution in [1.82, 2.24) is 19.9 Å². The topological polar surface area (TPSA) is 59.3 Å². The van der Waals surface area contributed by atoms with Gasteiger partial charge in [0.15, 0.2) is 5.82 Å². The molecular weight excluding hydrogens is 376 g/mol. The summed E-state index contributed by atoms with van der Waals surface area (Å²) in [5.41, 5.74) is 1.51. The van der Waals surface area contributed by atoms with Crippen molar-refractivity contribution in [3.63, 3.8) is 0 Å². The number of fused-ring (bicyclic) bond motifs is 1. The lowest BCUT2D eigenvalue weighted by Crippen LogP contribution is -2.26. The average molecular weight is 389 g/mol. The molecule has 8 heteroatoms. The monoisotopic (exact) mass is 388 g/mol. The largest absolute Gasteiger partial charge is 0.352 e. The number of rotatable bonds is 5. The molecule has 25 heavy (non-hydrogen) atoms. The van der Waals surface area contributed by atoms with Gasteiger partial charge in [-0.25, -0.2) is 4.52 Å². The van der Waals surface area contributed by atoms with Crippen LogP contribution in [0.3, 0.4) is 0 Å². The first-order valence-corrected chi connectivity index (χ1v) is 9.76. The van der Waals surface area contributed by atoms with E-state index < -0.39 is 0 Å². The van der Waals surface area contributed by atoms with Gasteiger partial charge in [0.1, 0.15) is 0 Å². The molecule has 1 amide bonds. The van der Waals surface area contributed by atoms with Gasteiger partial charge in [0.2, 0.25) is 4.96 Å². The van der Waals surface area contributed by atoms with E-state index in [0.29, 0.717) is 23.6 Å². The van der Waals surface area contributed by atoms with Crippen molar-refractivity contribution in [2.75, 3.05) is 6.54 Å². The van der Waals surface area contributed by atoms with Crippen LogP contribution in [0.4, 0.5) is 0 Å². The maximum absolute atomic E-state index is 12.2. The van der Waals surface area contributed by atoms with E-state index in [1.54, 1.807) is 46.9 Å². The molecule has 0 atom stereocenters. The van der Waals surface area contributed by atoms with Crippen LogP contribution < -0.4 is 5.32 Å². The standard InChI is InChI=1S/C17H13ClN4OS2/c18-13-5-2-1-4-12(13)16(23)19-8-7-11-10-25-17-20-15(21-22(11)17)14-6-3-9-24-14/h1-6,9-10H,7-8H2,(H,19,23). The number of nitrogens with zero attached hydrogens (tertiary/aromatic N) is 3. The van der Waals surface area contributed by atoms with Gasteiger partial charge in [-0.3, -0.25) is 4.79 Å². The number of carbonyl (C=O) groups excluding carboxylic acids is 1. The van der Waals surface area contributed by atoms with Crippen LogP contribution in [0.25, 0.3) is 15.7 Å². The summed E-state index contributed by atoms with van der Waals surface area (Å²) in [5.74, 6) is 0.568. The maximum Gasteiger partial charge on any atom is 0.252 e. The van der Waals surface area contributed by atoms with Crippen molar-refractivity contribution >= 4 is 45.1 Å². The highest BCUT2D eigenvalue weighted by Crippen LogP contribution is 2.24. The number of amides is 1. The van der Waals surface area contributed by atoms with E-state index in [4.69, 9.17) is 11.6 Å². The van der Waals surface area contributed by atoms with Gasteiger partial charge in [-0.15, -0.1) is 27.8 Å². The molecule has 0 radical (unpaired) electrons. The Hall–Kier alpha value is -2.22. The van der Waals surface area contributed by atoms with Gasteiger partial charge in [0, 0.05) is 18.3 Å². The minimum atomic E-state index is -0.171. The van der Waals surface area contributed by atoms with Crippen LogP contribution in [0.15, 0.2) is 47.2 Å². The van der Waals surface area contributed by atoms with Crippen LogP contribution in [0.2, 0.25) is 5.02 Å². The van der Waals surface area contributed by atoms with E-state index in [1.165, 1.54) is 0 Å². The van der Waals surface area contributed by atoms with Crippen molar-refractivity contribution in [2.45, 2.75) is 6.42 Å². The van der Waals surface area contributed by atoms with Crippen LogP contribution in [-0.2, 0) is 6.42 Å². The fraction of sp³-hybridized carbons (Fsp3) is 0.118. The Morgan fingerprint density at radius 1 is 1.20 bits per heavy atom. The zero-order valence-corrected chi connectivity index (χ0v) is 15.4. The summed E-state index contributed by atoms with van der Waals surface area (Å²) in [6.07, 6.45) is 0.670. The number of hydrogen-bond donors (Lipinski definition) is 1. The minimum absolute atomic E-state index is 0.171. The second-order valence-electron chi connectivity index (χ2n) is 5.32. The first-order valence-electron chi connectivity index (χ1n) is 7.62. The number of carbonyl (C=O) groups is 1. The highest BCUT2D eigenvalue weighted by Gasteiger charge is 2.13. The van der Waals surface area contributed by atoms with E-state index in [1.807, 2.05) is 27.4 Å². The molecule has 5 nitrogen and oxygen atoms in total. The van der Waals surface area contributed by atoms with Crippen LogP contribution in [0.5, 0.6) is 0 Å². The Balaban J connectivity index is 1.45. The van der Waals surface area contributed by atoms with Crippen molar-refractivity contribution in [3.8, 4) is 10.7 Å². The first-order chi connectivity index (χ1) is 12.2. The van der Waals surface area contributed by atoms with E-state index in [9.17, 15) is 4.79 Å². The van der Waals surface area contributed by atoms with Crippen molar-refractivity contribution in [3.05, 3.63) is 63.4 Å². The van der Waals surface area contributed by atoms with Gasteiger partial charge in [-0.05, 0) is 23.6 Å². The molecule has 0 aliphatic carbocycles. The molecule has 0 unspecified atom stereocenters. The number of thiazole rings is 1. The van der Waals surface area contributed by atoms with Crippen LogP contribution in [0.1, 0.15) is 16.1 Å². The summed E-state index contributed by atoms with van der Waals surface area (Å²) < 4.78 is 1.85. The summed E-state index contributed by atoms with van der Waals surface area (Å²) in [6.45, 7) is 0.504. The van der Waals surface area contributed by atoms with E-state index in [-0.39, 0.29) is 5.91 Å². The third-order valence-electron chi connectivity index (χ3n) is 3.68. The number of aromatic nitrogens is 3. The van der Waals surface area contributed by atoms with E-state index in [0.717, 1.165) is 21.4 Å². The summed E-state index contributed by atoms with van der Waals surface area (Å²) >= 11 is 9.21. The SMILES string of the molecule is O=C(NCCc1csc2nc(-c3cccs3)nn12)c1ccccc1Cl. The average Bonchev–Trinajstić information content (AvgIpc) is 3.32. The van der Waals surface area contributed by atoms with Gasteiger partial charge in [0.05, 0.1) is 21.2 Å². The molecule has 0 spiro atoms. The van der Waals surface area contributed by atoms with Crippen LogP contribution >= 0.6 is 34.3 Å². The van der Waals surface area contributed by atoms with Gasteiger partial charge in [-0.2, -0.15) is 4.98 Å². The number of hydrogen-bond acceptors (Lipinski definition) is 5. The Labute approximate surface area is 156 Å². The molecule has 126 valence electrons. The van der Waals surface area contributed by atoms with Crippen LogP contribution in [0, 0.1) is 0 Å². The number of halogens is 1. The maximum atomic E-state index is 12.2. The van der Waals surface area contributed by atoms with Crippen molar-refractivity contribution < 1.29 is 4.79 Å². The summed E-state index contributed by atoms with van der Waals surface area (Å²) in [7, 11) is 0. The Morgan fingerprint density at radius 3 is 2.88 bits per heavy atom. The molecule has 1 N–H and O–H groups in total. The molecule has 0 saturated carbocycles. The van der Waals surface area contributed by atoms with E-state index in [2.05, 4.69) is 15.4 Å². The Morgan fingerprint density at radius 2 is 2.08 bits per heavy atom. The van der Waals surface area contributed by atoms with Gasteiger partial charge in [0.25, 0.3) is 5.91 Å². The Kier molecular flexibility index (Phi) is 4.52. The highest BCUT2D eigenvalue weighted by molar-refractivity contribution is 7.15. The van der Waals surface area contributed by atoms with Crippen LogP contribution in [-0.4, -0.2) is 27.0 Å². The molecule has 1 aromatic carbocycles. The lowest BCUT2D eigenvalue weighted by molar-refractivity contribution is 0.0954. The molecule has 0 aliphatic rings. The minimum Gasteiger partial charge on any atom is -0.352 e. The lowest BCUT2D eigenvalue weighted by atomic mass is 10.2. The number of nitrogens with one attached hydrogen (secondary N) is 1. The molecule has 3 aromatic heterocycles. The molecule has 0 fully saturated rings. The third-order valence-corrected chi connectivity index (χ3v) is 5.74. The second kappa shape index (κ2) is 6.95. The quantitative estimate of drug-likeness (QED) is 0.558. The first kappa shape index (κ1) is 16.3. The fourth-order valence-electron chi connectivity index (χ4n) is 2.45. The van der Waals surface area contributed by atoms with Gasteiger partial charge in [-0.1, -0.05) is 29.8 Å². The normalized spacial score (nSPS) is 11.1. The summed E-state index contributed by atoms with van der Waals surface area (Å²) in [4.78, 5) is 18.7. The lowest BCUT2D eigenvalue weighted by Gasteiger charge is -2.06. The van der Waals surface area contributed by atoms with Crippen molar-refractivity contribution in [1.29, 1.82) is 0 Å². The zero-order valence-electron chi connectivity index (χ0n) is 13.0. The fourth-order valence-corrected chi connectivity index (χ4v) is 4.18. The smallest absolute Gasteiger partial charge is 0.252 e. The van der Waals surface area contributed by atoms with Gasteiger partial charge < -0.3 is 5.32 Å². The molecule has 4 rings (SSSR count). The molecule has 3 heterocycles. The number of thiophene rings is 1. The number of benzene rings is 1. The highest BCUT2D eigenvalue weighted by atomic mass is 35.5. The zero-order chi connectivity index (χ0) is 17.2. The molecular formula is C17H13ClN4OS2. The molecule has 4 aromatic rings. The Bertz CT molecular complexity index is 1020. The second-order valence-corrected chi connectivity index (χ2v) is 7.51.